The third-order valence-corrected chi connectivity index (χ3v) is 3.43. The summed E-state index contributed by atoms with van der Waals surface area (Å²) in [6.45, 7) is 7.81. The van der Waals surface area contributed by atoms with Crippen LogP contribution in [0.3, 0.4) is 0 Å². The zero-order valence-corrected chi connectivity index (χ0v) is 8.61. The van der Waals surface area contributed by atoms with Crippen molar-refractivity contribution < 1.29 is 5.11 Å². The van der Waals surface area contributed by atoms with Crippen molar-refractivity contribution in [2.45, 2.75) is 45.0 Å². The highest BCUT2D eigenvalue weighted by Gasteiger charge is 2.36. The Bertz CT molecular complexity index is 184. The van der Waals surface area contributed by atoms with E-state index in [0.717, 1.165) is 26.1 Å². The fourth-order valence-electron chi connectivity index (χ4n) is 2.52. The molecule has 0 amide bonds. The molecule has 2 aliphatic heterocycles. The summed E-state index contributed by atoms with van der Waals surface area (Å²) in [4.78, 5) is 4.78. The van der Waals surface area contributed by atoms with Gasteiger partial charge in [0.1, 0.15) is 6.23 Å². The average Bonchev–Trinajstić information content (AvgIpc) is 2.47. The summed E-state index contributed by atoms with van der Waals surface area (Å²) < 4.78 is 0. The Morgan fingerprint density at radius 1 is 1.23 bits per heavy atom. The summed E-state index contributed by atoms with van der Waals surface area (Å²) in [5.74, 6) is 0. The quantitative estimate of drug-likeness (QED) is 0.642. The van der Waals surface area contributed by atoms with E-state index in [-0.39, 0.29) is 6.23 Å². The van der Waals surface area contributed by atoms with Crippen LogP contribution in [0.15, 0.2) is 0 Å². The fraction of sp³-hybridized carbons (Fsp3) is 1.00. The molecule has 2 heterocycles. The van der Waals surface area contributed by atoms with Gasteiger partial charge in [0.15, 0.2) is 0 Å². The molecule has 0 bridgehead atoms. The largest absolute Gasteiger partial charge is 0.378 e. The Kier molecular flexibility index (Phi) is 2.58. The fourth-order valence-corrected chi connectivity index (χ4v) is 2.52. The lowest BCUT2D eigenvalue weighted by atomic mass is 10.1. The summed E-state index contributed by atoms with van der Waals surface area (Å²) in [6.07, 6.45) is 1.99. The van der Waals surface area contributed by atoms with E-state index < -0.39 is 0 Å². The standard InChI is InChI=1S/C10H20N2O/c1-8(2)11-5-6-12-9(7-11)3-4-10(12)13/h8-10,13H,3-7H2,1-2H3/t9-,10?/m0/s1. The van der Waals surface area contributed by atoms with Gasteiger partial charge in [0, 0.05) is 31.7 Å². The van der Waals surface area contributed by atoms with E-state index >= 15 is 0 Å². The van der Waals surface area contributed by atoms with Gasteiger partial charge >= 0.3 is 0 Å². The van der Waals surface area contributed by atoms with Gasteiger partial charge in [-0.05, 0) is 26.7 Å². The molecule has 0 aliphatic carbocycles. The van der Waals surface area contributed by atoms with Gasteiger partial charge in [-0.25, -0.2) is 0 Å². The number of hydrogen-bond acceptors (Lipinski definition) is 3. The minimum atomic E-state index is -0.153. The Morgan fingerprint density at radius 3 is 2.69 bits per heavy atom. The van der Waals surface area contributed by atoms with Crippen molar-refractivity contribution in [2.24, 2.45) is 0 Å². The van der Waals surface area contributed by atoms with Crippen LogP contribution in [-0.2, 0) is 0 Å². The molecule has 0 spiro atoms. The molecule has 3 heteroatoms. The third kappa shape index (κ3) is 1.73. The lowest BCUT2D eigenvalue weighted by molar-refractivity contribution is -0.0240. The van der Waals surface area contributed by atoms with Gasteiger partial charge in [0.25, 0.3) is 0 Å². The second kappa shape index (κ2) is 3.56. The molecular weight excluding hydrogens is 164 g/mol. The Hall–Kier alpha value is -0.120. The molecule has 0 aromatic heterocycles. The minimum absolute atomic E-state index is 0.153. The maximum atomic E-state index is 9.66. The normalized spacial score (nSPS) is 36.9. The first-order chi connectivity index (χ1) is 6.18. The highest BCUT2D eigenvalue weighted by atomic mass is 16.3. The van der Waals surface area contributed by atoms with Crippen LogP contribution >= 0.6 is 0 Å². The molecule has 2 saturated heterocycles. The monoisotopic (exact) mass is 184 g/mol. The maximum absolute atomic E-state index is 9.66. The van der Waals surface area contributed by atoms with E-state index in [9.17, 15) is 5.11 Å². The zero-order valence-electron chi connectivity index (χ0n) is 8.61. The predicted molar refractivity (Wildman–Crippen MR) is 52.4 cm³/mol. The highest BCUT2D eigenvalue weighted by Crippen LogP contribution is 2.26. The van der Waals surface area contributed by atoms with E-state index in [4.69, 9.17) is 0 Å². The Balaban J connectivity index is 1.95. The van der Waals surface area contributed by atoms with Crippen molar-refractivity contribution in [1.29, 1.82) is 0 Å². The second-order valence-corrected chi connectivity index (χ2v) is 4.54. The zero-order chi connectivity index (χ0) is 9.42. The third-order valence-electron chi connectivity index (χ3n) is 3.43. The van der Waals surface area contributed by atoms with Crippen LogP contribution in [0.2, 0.25) is 0 Å². The molecule has 0 aromatic carbocycles. The average molecular weight is 184 g/mol. The SMILES string of the molecule is CC(C)N1CCN2C(O)CC[C@H]2C1. The van der Waals surface area contributed by atoms with Crippen LogP contribution in [0.1, 0.15) is 26.7 Å². The summed E-state index contributed by atoms with van der Waals surface area (Å²) in [6, 6.07) is 1.27. The van der Waals surface area contributed by atoms with Gasteiger partial charge in [0.05, 0.1) is 0 Å². The first kappa shape index (κ1) is 9.44. The second-order valence-electron chi connectivity index (χ2n) is 4.54. The number of aliphatic hydroxyl groups excluding tert-OH is 1. The smallest absolute Gasteiger partial charge is 0.107 e. The van der Waals surface area contributed by atoms with Crippen molar-refractivity contribution >= 4 is 0 Å². The lowest BCUT2D eigenvalue weighted by Gasteiger charge is -2.40. The number of nitrogens with zero attached hydrogens (tertiary/aromatic N) is 2. The lowest BCUT2D eigenvalue weighted by Crippen LogP contribution is -2.54. The maximum Gasteiger partial charge on any atom is 0.107 e. The van der Waals surface area contributed by atoms with Crippen molar-refractivity contribution in [3.8, 4) is 0 Å². The van der Waals surface area contributed by atoms with E-state index in [1.807, 2.05) is 0 Å². The van der Waals surface area contributed by atoms with Crippen LogP contribution in [0.4, 0.5) is 0 Å². The summed E-state index contributed by atoms with van der Waals surface area (Å²) in [5.41, 5.74) is 0. The number of fused-ring (bicyclic) bond motifs is 1. The molecule has 2 fully saturated rings. The summed E-state index contributed by atoms with van der Waals surface area (Å²) in [5, 5.41) is 9.66. The minimum Gasteiger partial charge on any atom is -0.378 e. The van der Waals surface area contributed by atoms with Crippen LogP contribution in [0.25, 0.3) is 0 Å². The molecule has 0 radical (unpaired) electrons. The van der Waals surface area contributed by atoms with E-state index in [2.05, 4.69) is 23.6 Å². The molecule has 1 N–H and O–H groups in total. The van der Waals surface area contributed by atoms with Gasteiger partial charge in [-0.3, -0.25) is 9.80 Å². The molecule has 2 rings (SSSR count). The summed E-state index contributed by atoms with van der Waals surface area (Å²) >= 11 is 0. The van der Waals surface area contributed by atoms with E-state index in [0.29, 0.717) is 12.1 Å². The van der Waals surface area contributed by atoms with Crippen LogP contribution in [0.5, 0.6) is 0 Å². The van der Waals surface area contributed by atoms with Gasteiger partial charge in [0.2, 0.25) is 0 Å². The van der Waals surface area contributed by atoms with Gasteiger partial charge < -0.3 is 5.11 Å². The van der Waals surface area contributed by atoms with Gasteiger partial charge in [-0.2, -0.15) is 0 Å². The molecule has 3 nitrogen and oxygen atoms in total. The molecule has 2 atom stereocenters. The first-order valence-corrected chi connectivity index (χ1v) is 5.36. The van der Waals surface area contributed by atoms with Crippen molar-refractivity contribution in [2.75, 3.05) is 19.6 Å². The number of rotatable bonds is 1. The van der Waals surface area contributed by atoms with Crippen LogP contribution in [-0.4, -0.2) is 52.9 Å². The molecule has 76 valence electrons. The van der Waals surface area contributed by atoms with Gasteiger partial charge in [-0.15, -0.1) is 0 Å². The van der Waals surface area contributed by atoms with Crippen molar-refractivity contribution in [1.82, 2.24) is 9.80 Å². The van der Waals surface area contributed by atoms with Crippen LogP contribution < -0.4 is 0 Å². The van der Waals surface area contributed by atoms with Crippen molar-refractivity contribution in [3.05, 3.63) is 0 Å². The number of aliphatic hydroxyl groups is 1. The van der Waals surface area contributed by atoms with Crippen molar-refractivity contribution in [3.63, 3.8) is 0 Å². The predicted octanol–water partition coefficient (Wildman–Crippen LogP) is 0.493. The summed E-state index contributed by atoms with van der Waals surface area (Å²) in [7, 11) is 0. The van der Waals surface area contributed by atoms with Gasteiger partial charge in [-0.1, -0.05) is 0 Å². The van der Waals surface area contributed by atoms with Crippen LogP contribution in [0, 0.1) is 0 Å². The first-order valence-electron chi connectivity index (χ1n) is 5.36. The highest BCUT2D eigenvalue weighted by molar-refractivity contribution is 4.89. The molecule has 2 aliphatic rings. The Labute approximate surface area is 80.3 Å². The molecule has 0 aromatic rings. The Morgan fingerprint density at radius 2 is 2.00 bits per heavy atom. The van der Waals surface area contributed by atoms with E-state index in [1.54, 1.807) is 0 Å². The topological polar surface area (TPSA) is 26.7 Å². The molecule has 1 unspecified atom stereocenters. The molecule has 13 heavy (non-hydrogen) atoms. The van der Waals surface area contributed by atoms with E-state index in [1.165, 1.54) is 6.42 Å². The molecular formula is C10H20N2O. The number of hydrogen-bond donors (Lipinski definition) is 1. The molecule has 0 saturated carbocycles. The number of piperazine rings is 1.